The van der Waals surface area contributed by atoms with E-state index in [1.807, 2.05) is 0 Å². The zero-order valence-corrected chi connectivity index (χ0v) is 9.41. The van der Waals surface area contributed by atoms with Crippen LogP contribution in [-0.4, -0.2) is 19.5 Å². The van der Waals surface area contributed by atoms with Crippen molar-refractivity contribution in [1.29, 1.82) is 0 Å². The summed E-state index contributed by atoms with van der Waals surface area (Å²) < 4.78 is 11.2. The van der Waals surface area contributed by atoms with Gasteiger partial charge < -0.3 is 9.47 Å². The lowest BCUT2D eigenvalue weighted by atomic mass is 9.78. The molecule has 0 aromatic carbocycles. The normalized spacial score (nSPS) is 46.4. The van der Waals surface area contributed by atoms with Crippen LogP contribution in [0.25, 0.3) is 0 Å². The van der Waals surface area contributed by atoms with Crippen molar-refractivity contribution < 1.29 is 9.47 Å². The average molecular weight is 186 g/mol. The Morgan fingerprint density at radius 1 is 1.08 bits per heavy atom. The van der Waals surface area contributed by atoms with E-state index in [0.717, 1.165) is 6.42 Å². The van der Waals surface area contributed by atoms with Crippen LogP contribution in [0.1, 0.15) is 34.1 Å². The number of rotatable bonds is 2. The van der Waals surface area contributed by atoms with Crippen molar-refractivity contribution >= 4 is 0 Å². The highest BCUT2D eigenvalue weighted by molar-refractivity contribution is 4.81. The third kappa shape index (κ3) is 2.05. The molecule has 1 aliphatic rings. The maximum absolute atomic E-state index is 5.86. The van der Waals surface area contributed by atoms with Crippen molar-refractivity contribution in [3.63, 3.8) is 0 Å². The minimum atomic E-state index is -0.00356. The molecule has 1 aliphatic heterocycles. The first-order chi connectivity index (χ1) is 6.11. The van der Waals surface area contributed by atoms with Crippen LogP contribution < -0.4 is 0 Å². The Hall–Kier alpha value is -0.0800. The zero-order valence-electron chi connectivity index (χ0n) is 9.41. The fraction of sp³-hybridized carbons (Fsp3) is 1.00. The van der Waals surface area contributed by atoms with Crippen LogP contribution in [-0.2, 0) is 9.47 Å². The van der Waals surface area contributed by atoms with Gasteiger partial charge in [0.15, 0.2) is 6.29 Å². The summed E-state index contributed by atoms with van der Waals surface area (Å²) in [6, 6.07) is 0. The van der Waals surface area contributed by atoms with Crippen LogP contribution in [0.15, 0.2) is 0 Å². The van der Waals surface area contributed by atoms with Crippen molar-refractivity contribution in [2.24, 2.45) is 17.8 Å². The predicted molar refractivity (Wildman–Crippen MR) is 53.5 cm³/mol. The summed E-state index contributed by atoms with van der Waals surface area (Å²) in [6.45, 7) is 8.96. The van der Waals surface area contributed by atoms with E-state index in [0.29, 0.717) is 23.9 Å². The minimum Gasteiger partial charge on any atom is -0.356 e. The monoisotopic (exact) mass is 186 g/mol. The van der Waals surface area contributed by atoms with E-state index in [9.17, 15) is 0 Å². The highest BCUT2D eigenvalue weighted by Gasteiger charge is 2.38. The van der Waals surface area contributed by atoms with Gasteiger partial charge in [-0.2, -0.15) is 0 Å². The second kappa shape index (κ2) is 4.43. The van der Waals surface area contributed by atoms with Gasteiger partial charge in [0.05, 0.1) is 6.10 Å². The Morgan fingerprint density at radius 3 is 2.15 bits per heavy atom. The molecule has 0 saturated carbocycles. The third-order valence-corrected chi connectivity index (χ3v) is 3.62. The molecule has 0 aliphatic carbocycles. The summed E-state index contributed by atoms with van der Waals surface area (Å²) in [5.41, 5.74) is 0. The molecule has 78 valence electrons. The first-order valence-corrected chi connectivity index (χ1v) is 5.30. The molecule has 0 bridgehead atoms. The number of methoxy groups -OCH3 is 1. The van der Waals surface area contributed by atoms with E-state index in [2.05, 4.69) is 27.7 Å². The van der Waals surface area contributed by atoms with Crippen LogP contribution >= 0.6 is 0 Å². The SMILES string of the molecule is CCC1O[C@H](OC)C(C)[C@H](C)[C@@H]1C. The van der Waals surface area contributed by atoms with Crippen molar-refractivity contribution in [2.45, 2.75) is 46.5 Å². The van der Waals surface area contributed by atoms with Gasteiger partial charge in [-0.25, -0.2) is 0 Å². The highest BCUT2D eigenvalue weighted by Crippen LogP contribution is 2.36. The van der Waals surface area contributed by atoms with Crippen molar-refractivity contribution in [3.05, 3.63) is 0 Å². The standard InChI is InChI=1S/C11H22O2/c1-6-10-8(3)7(2)9(4)11(12-5)13-10/h7-11H,6H2,1-5H3/t7-,8+,9?,10?,11+/m1/s1. The molecule has 1 fully saturated rings. The minimum absolute atomic E-state index is 0.00356. The van der Waals surface area contributed by atoms with E-state index < -0.39 is 0 Å². The van der Waals surface area contributed by atoms with E-state index in [1.165, 1.54) is 0 Å². The zero-order chi connectivity index (χ0) is 10.0. The van der Waals surface area contributed by atoms with E-state index in [-0.39, 0.29) is 6.29 Å². The molecule has 1 heterocycles. The van der Waals surface area contributed by atoms with Crippen LogP contribution in [0, 0.1) is 17.8 Å². The molecular weight excluding hydrogens is 164 g/mol. The quantitative estimate of drug-likeness (QED) is 0.660. The molecular formula is C11H22O2. The van der Waals surface area contributed by atoms with E-state index in [4.69, 9.17) is 9.47 Å². The fourth-order valence-corrected chi connectivity index (χ4v) is 2.22. The van der Waals surface area contributed by atoms with Crippen molar-refractivity contribution in [1.82, 2.24) is 0 Å². The summed E-state index contributed by atoms with van der Waals surface area (Å²) >= 11 is 0. The summed E-state index contributed by atoms with van der Waals surface area (Å²) in [4.78, 5) is 0. The Morgan fingerprint density at radius 2 is 1.69 bits per heavy atom. The van der Waals surface area contributed by atoms with Gasteiger partial charge in [-0.15, -0.1) is 0 Å². The Balaban J connectivity index is 2.66. The first-order valence-electron chi connectivity index (χ1n) is 5.30. The smallest absolute Gasteiger partial charge is 0.160 e. The van der Waals surface area contributed by atoms with Gasteiger partial charge in [-0.05, 0) is 18.3 Å². The van der Waals surface area contributed by atoms with E-state index >= 15 is 0 Å². The lowest BCUT2D eigenvalue weighted by molar-refractivity contribution is -0.237. The number of ether oxygens (including phenoxy) is 2. The molecule has 1 saturated heterocycles. The molecule has 1 rings (SSSR count). The Labute approximate surface area is 81.6 Å². The molecule has 2 heteroatoms. The van der Waals surface area contributed by atoms with Crippen LogP contribution in [0.2, 0.25) is 0 Å². The number of hydrogen-bond donors (Lipinski definition) is 0. The van der Waals surface area contributed by atoms with Gasteiger partial charge >= 0.3 is 0 Å². The molecule has 0 N–H and O–H groups in total. The first kappa shape index (κ1) is 11.0. The molecule has 2 unspecified atom stereocenters. The maximum atomic E-state index is 5.86. The summed E-state index contributed by atoms with van der Waals surface area (Å²) in [5.74, 6) is 1.83. The van der Waals surface area contributed by atoms with Gasteiger partial charge in [-0.3, -0.25) is 0 Å². The van der Waals surface area contributed by atoms with Gasteiger partial charge in [-0.1, -0.05) is 27.7 Å². The molecule has 0 spiro atoms. The second-order valence-corrected chi connectivity index (χ2v) is 4.26. The molecule has 5 atom stereocenters. The Kier molecular flexibility index (Phi) is 3.74. The molecule has 13 heavy (non-hydrogen) atoms. The van der Waals surface area contributed by atoms with Gasteiger partial charge in [0.1, 0.15) is 0 Å². The fourth-order valence-electron chi connectivity index (χ4n) is 2.22. The molecule has 0 radical (unpaired) electrons. The van der Waals surface area contributed by atoms with Crippen molar-refractivity contribution in [3.8, 4) is 0 Å². The molecule has 0 amide bonds. The molecule has 0 aromatic rings. The van der Waals surface area contributed by atoms with Gasteiger partial charge in [0, 0.05) is 13.0 Å². The van der Waals surface area contributed by atoms with Gasteiger partial charge in [0.25, 0.3) is 0 Å². The lowest BCUT2D eigenvalue weighted by Crippen LogP contribution is -2.45. The summed E-state index contributed by atoms with van der Waals surface area (Å²) in [5, 5.41) is 0. The average Bonchev–Trinajstić information content (AvgIpc) is 2.15. The molecule has 0 aromatic heterocycles. The van der Waals surface area contributed by atoms with E-state index in [1.54, 1.807) is 7.11 Å². The largest absolute Gasteiger partial charge is 0.356 e. The summed E-state index contributed by atoms with van der Waals surface area (Å²) in [6.07, 6.45) is 1.45. The van der Waals surface area contributed by atoms with Crippen LogP contribution in [0.4, 0.5) is 0 Å². The Bertz CT molecular complexity index is 138. The second-order valence-electron chi connectivity index (χ2n) is 4.26. The predicted octanol–water partition coefficient (Wildman–Crippen LogP) is 2.68. The van der Waals surface area contributed by atoms with Crippen LogP contribution in [0.3, 0.4) is 0 Å². The van der Waals surface area contributed by atoms with Crippen LogP contribution in [0.5, 0.6) is 0 Å². The molecule has 2 nitrogen and oxygen atoms in total. The topological polar surface area (TPSA) is 18.5 Å². The number of hydrogen-bond acceptors (Lipinski definition) is 2. The highest BCUT2D eigenvalue weighted by atomic mass is 16.7. The van der Waals surface area contributed by atoms with Gasteiger partial charge in [0.2, 0.25) is 0 Å². The third-order valence-electron chi connectivity index (χ3n) is 3.62. The van der Waals surface area contributed by atoms with Crippen molar-refractivity contribution in [2.75, 3.05) is 7.11 Å². The maximum Gasteiger partial charge on any atom is 0.160 e. The lowest BCUT2D eigenvalue weighted by Gasteiger charge is -2.42. The summed E-state index contributed by atoms with van der Waals surface area (Å²) in [7, 11) is 1.73.